The van der Waals surface area contributed by atoms with Crippen molar-refractivity contribution < 1.29 is 22.4 Å². The third-order valence-corrected chi connectivity index (χ3v) is 3.96. The van der Waals surface area contributed by atoms with Crippen molar-refractivity contribution in [3.8, 4) is 0 Å². The summed E-state index contributed by atoms with van der Waals surface area (Å²) >= 11 is 5.79. The molecule has 1 aliphatic rings. The van der Waals surface area contributed by atoms with E-state index in [-0.39, 0.29) is 25.9 Å². The van der Waals surface area contributed by atoms with E-state index < -0.39 is 30.6 Å². The number of pyridine rings is 1. The molecule has 1 aromatic heterocycles. The second-order valence-corrected chi connectivity index (χ2v) is 5.79. The molecule has 136 valence electrons. The number of rotatable bonds is 3. The first kappa shape index (κ1) is 20.7. The van der Waals surface area contributed by atoms with Crippen molar-refractivity contribution in [2.75, 3.05) is 13.1 Å². The monoisotopic (exact) mass is 368 g/mol. The van der Waals surface area contributed by atoms with Crippen LogP contribution >= 0.6 is 11.6 Å². The van der Waals surface area contributed by atoms with E-state index in [9.17, 15) is 22.4 Å². The van der Waals surface area contributed by atoms with E-state index in [1.54, 1.807) is 0 Å². The summed E-state index contributed by atoms with van der Waals surface area (Å²) in [5, 5.41) is 0.318. The Labute approximate surface area is 144 Å². The molecular formula is C16H21ClF4N2O. The Balaban J connectivity index is 0.00000139. The SMILES string of the molecule is CC.O=C(CCC(F)(F)F)N1CCC(F)(c2cncc(Cl)c2)CC1. The first-order valence-electron chi connectivity index (χ1n) is 7.84. The number of amides is 1. The fourth-order valence-corrected chi connectivity index (χ4v) is 2.64. The summed E-state index contributed by atoms with van der Waals surface area (Å²) in [7, 11) is 0. The van der Waals surface area contributed by atoms with Crippen LogP contribution in [-0.4, -0.2) is 35.1 Å². The van der Waals surface area contributed by atoms with Gasteiger partial charge in [-0.2, -0.15) is 13.2 Å². The number of carbonyl (C=O) groups excluding carboxylic acids is 1. The molecule has 1 aromatic rings. The van der Waals surface area contributed by atoms with Crippen LogP contribution in [0.4, 0.5) is 17.6 Å². The van der Waals surface area contributed by atoms with Crippen molar-refractivity contribution in [1.29, 1.82) is 0 Å². The normalized spacial score (nSPS) is 17.0. The molecule has 3 nitrogen and oxygen atoms in total. The second kappa shape index (κ2) is 8.65. The van der Waals surface area contributed by atoms with Crippen molar-refractivity contribution >= 4 is 17.5 Å². The van der Waals surface area contributed by atoms with Gasteiger partial charge in [-0.1, -0.05) is 25.4 Å². The Morgan fingerprint density at radius 1 is 1.29 bits per heavy atom. The zero-order valence-electron chi connectivity index (χ0n) is 13.7. The molecule has 0 radical (unpaired) electrons. The van der Waals surface area contributed by atoms with E-state index in [4.69, 9.17) is 11.6 Å². The summed E-state index contributed by atoms with van der Waals surface area (Å²) in [5.41, 5.74) is -1.32. The third-order valence-electron chi connectivity index (χ3n) is 3.75. The van der Waals surface area contributed by atoms with Gasteiger partial charge in [0.2, 0.25) is 5.91 Å². The van der Waals surface area contributed by atoms with Crippen LogP contribution in [-0.2, 0) is 10.5 Å². The molecule has 0 bridgehead atoms. The molecule has 2 heterocycles. The molecule has 0 saturated carbocycles. The van der Waals surface area contributed by atoms with Gasteiger partial charge in [0.05, 0.1) is 11.4 Å². The Morgan fingerprint density at radius 3 is 2.38 bits per heavy atom. The highest BCUT2D eigenvalue weighted by Crippen LogP contribution is 2.37. The average molecular weight is 369 g/mol. The standard InChI is InChI=1S/C14H15ClF4N2O.C2H6/c15-11-7-10(8-20-9-11)13(16)3-5-21(6-4-13)12(22)1-2-14(17,18)19;1-2/h7-9H,1-6H2;1-2H3. The largest absolute Gasteiger partial charge is 0.389 e. The Morgan fingerprint density at radius 2 is 1.88 bits per heavy atom. The average Bonchev–Trinajstić information content (AvgIpc) is 2.54. The van der Waals surface area contributed by atoms with Crippen LogP contribution < -0.4 is 0 Å². The molecule has 1 aliphatic heterocycles. The summed E-state index contributed by atoms with van der Waals surface area (Å²) in [6.07, 6.45) is -3.29. The van der Waals surface area contributed by atoms with Crippen molar-refractivity contribution in [3.63, 3.8) is 0 Å². The van der Waals surface area contributed by atoms with Gasteiger partial charge in [0.15, 0.2) is 0 Å². The minimum absolute atomic E-state index is 0.0206. The molecule has 24 heavy (non-hydrogen) atoms. The van der Waals surface area contributed by atoms with E-state index in [1.807, 2.05) is 13.8 Å². The summed E-state index contributed by atoms with van der Waals surface area (Å²) < 4.78 is 51.2. The Hall–Kier alpha value is -1.37. The van der Waals surface area contributed by atoms with Gasteiger partial charge in [-0.05, 0) is 6.07 Å². The smallest absolute Gasteiger partial charge is 0.342 e. The summed E-state index contributed by atoms with van der Waals surface area (Å²) in [6.45, 7) is 4.17. The lowest BCUT2D eigenvalue weighted by atomic mass is 9.87. The maximum Gasteiger partial charge on any atom is 0.389 e. The van der Waals surface area contributed by atoms with Crippen LogP contribution in [0, 0.1) is 0 Å². The van der Waals surface area contributed by atoms with Crippen LogP contribution in [0.2, 0.25) is 5.02 Å². The minimum Gasteiger partial charge on any atom is -0.342 e. The fourth-order valence-electron chi connectivity index (χ4n) is 2.46. The van der Waals surface area contributed by atoms with Crippen molar-refractivity contribution in [3.05, 3.63) is 29.0 Å². The molecule has 1 amide bonds. The lowest BCUT2D eigenvalue weighted by molar-refractivity contribution is -0.150. The molecule has 0 aliphatic carbocycles. The van der Waals surface area contributed by atoms with Gasteiger partial charge in [-0.25, -0.2) is 4.39 Å². The number of piperidine rings is 1. The predicted molar refractivity (Wildman–Crippen MR) is 84.5 cm³/mol. The van der Waals surface area contributed by atoms with Crippen LogP contribution in [0.15, 0.2) is 18.5 Å². The molecule has 0 N–H and O–H groups in total. The zero-order chi connectivity index (χ0) is 18.4. The number of hydrogen-bond acceptors (Lipinski definition) is 2. The number of alkyl halides is 4. The van der Waals surface area contributed by atoms with Crippen molar-refractivity contribution in [2.45, 2.75) is 51.4 Å². The van der Waals surface area contributed by atoms with Gasteiger partial charge >= 0.3 is 6.18 Å². The highest BCUT2D eigenvalue weighted by atomic mass is 35.5. The van der Waals surface area contributed by atoms with Crippen LogP contribution in [0.25, 0.3) is 0 Å². The van der Waals surface area contributed by atoms with Gasteiger partial charge < -0.3 is 4.90 Å². The molecule has 0 atom stereocenters. The topological polar surface area (TPSA) is 33.2 Å². The Bertz CT molecular complexity index is 543. The number of hydrogen-bond donors (Lipinski definition) is 0. The number of likely N-dealkylation sites (tertiary alicyclic amines) is 1. The predicted octanol–water partition coefficient (Wildman–Crippen LogP) is 4.89. The van der Waals surface area contributed by atoms with E-state index in [0.29, 0.717) is 10.6 Å². The highest BCUT2D eigenvalue weighted by molar-refractivity contribution is 6.30. The second-order valence-electron chi connectivity index (χ2n) is 5.35. The maximum atomic E-state index is 14.9. The van der Waals surface area contributed by atoms with Gasteiger partial charge in [-0.3, -0.25) is 9.78 Å². The number of carbonyl (C=O) groups is 1. The summed E-state index contributed by atoms with van der Waals surface area (Å²) in [5.74, 6) is -0.594. The van der Waals surface area contributed by atoms with Gasteiger partial charge in [-0.15, -0.1) is 0 Å². The van der Waals surface area contributed by atoms with E-state index >= 15 is 0 Å². The fraction of sp³-hybridized carbons (Fsp3) is 0.625. The zero-order valence-corrected chi connectivity index (χ0v) is 14.4. The third kappa shape index (κ3) is 5.92. The maximum absolute atomic E-state index is 14.9. The van der Waals surface area contributed by atoms with Gasteiger partial charge in [0.25, 0.3) is 0 Å². The molecule has 0 aromatic carbocycles. The molecule has 8 heteroatoms. The summed E-state index contributed by atoms with van der Waals surface area (Å²) in [6, 6.07) is 1.48. The van der Waals surface area contributed by atoms with Gasteiger partial charge in [0.1, 0.15) is 5.67 Å². The first-order chi connectivity index (χ1) is 11.2. The quantitative estimate of drug-likeness (QED) is 0.711. The van der Waals surface area contributed by atoms with Crippen LogP contribution in [0.1, 0.15) is 45.1 Å². The van der Waals surface area contributed by atoms with Crippen LogP contribution in [0.5, 0.6) is 0 Å². The Kier molecular flexibility index (Phi) is 7.45. The van der Waals surface area contributed by atoms with Crippen molar-refractivity contribution in [2.24, 2.45) is 0 Å². The number of halogens is 5. The highest BCUT2D eigenvalue weighted by Gasteiger charge is 2.38. The minimum atomic E-state index is -4.36. The van der Waals surface area contributed by atoms with Gasteiger partial charge in [0, 0.05) is 50.3 Å². The van der Waals surface area contributed by atoms with E-state index in [0.717, 1.165) is 0 Å². The lowest BCUT2D eigenvalue weighted by Crippen LogP contribution is -2.43. The van der Waals surface area contributed by atoms with Crippen molar-refractivity contribution in [1.82, 2.24) is 9.88 Å². The first-order valence-corrected chi connectivity index (χ1v) is 8.22. The molecule has 1 saturated heterocycles. The number of nitrogens with zero attached hydrogens (tertiary/aromatic N) is 2. The molecule has 0 spiro atoms. The van der Waals surface area contributed by atoms with E-state index in [1.165, 1.54) is 23.4 Å². The molecule has 0 unspecified atom stereocenters. The molecule has 2 rings (SSSR count). The number of aromatic nitrogens is 1. The molecular weight excluding hydrogens is 348 g/mol. The summed E-state index contributed by atoms with van der Waals surface area (Å²) in [4.78, 5) is 16.8. The van der Waals surface area contributed by atoms with E-state index in [2.05, 4.69) is 4.98 Å². The lowest BCUT2D eigenvalue weighted by Gasteiger charge is -2.36. The molecule has 1 fully saturated rings. The van der Waals surface area contributed by atoms with Crippen LogP contribution in [0.3, 0.4) is 0 Å².